The molecule has 0 fully saturated rings. The Morgan fingerprint density at radius 3 is 2.83 bits per heavy atom. The molecule has 0 unspecified atom stereocenters. The van der Waals surface area contributed by atoms with Gasteiger partial charge in [-0.3, -0.25) is 9.89 Å². The summed E-state index contributed by atoms with van der Waals surface area (Å²) >= 11 is 5.96. The van der Waals surface area contributed by atoms with Crippen LogP contribution in [0.25, 0.3) is 11.3 Å². The lowest BCUT2D eigenvalue weighted by Crippen LogP contribution is -2.12. The van der Waals surface area contributed by atoms with Gasteiger partial charge in [-0.05, 0) is 42.8 Å². The lowest BCUT2D eigenvalue weighted by atomic mass is 10.1. The summed E-state index contributed by atoms with van der Waals surface area (Å²) in [4.78, 5) is 12.3. The van der Waals surface area contributed by atoms with Crippen molar-refractivity contribution in [1.29, 1.82) is 0 Å². The number of carbonyl (C=O) groups excluding carboxylic acids is 1. The van der Waals surface area contributed by atoms with Gasteiger partial charge < -0.3 is 10.4 Å². The first-order valence-corrected chi connectivity index (χ1v) is 7.33. The van der Waals surface area contributed by atoms with E-state index in [4.69, 9.17) is 11.6 Å². The first-order chi connectivity index (χ1) is 11.0. The number of aromatic amines is 1. The van der Waals surface area contributed by atoms with Crippen LogP contribution in [-0.2, 0) is 0 Å². The van der Waals surface area contributed by atoms with Gasteiger partial charge in [-0.1, -0.05) is 29.8 Å². The molecule has 1 heterocycles. The number of nitrogens with zero attached hydrogens (tertiary/aromatic N) is 1. The number of carbonyl (C=O) groups is 1. The van der Waals surface area contributed by atoms with Crippen LogP contribution < -0.4 is 5.32 Å². The monoisotopic (exact) mass is 327 g/mol. The lowest BCUT2D eigenvalue weighted by molar-refractivity contribution is 0.102. The lowest BCUT2D eigenvalue weighted by Gasteiger charge is -2.06. The summed E-state index contributed by atoms with van der Waals surface area (Å²) in [7, 11) is 0. The molecule has 1 aromatic heterocycles. The van der Waals surface area contributed by atoms with Gasteiger partial charge in [0.25, 0.3) is 5.91 Å². The Morgan fingerprint density at radius 2 is 2.04 bits per heavy atom. The molecular weight excluding hydrogens is 314 g/mol. The maximum atomic E-state index is 12.3. The zero-order chi connectivity index (χ0) is 16.4. The van der Waals surface area contributed by atoms with Crippen LogP contribution in [0.15, 0.2) is 48.5 Å². The number of phenols is 1. The van der Waals surface area contributed by atoms with Crippen molar-refractivity contribution in [3.05, 3.63) is 64.8 Å². The Bertz CT molecular complexity index is 874. The van der Waals surface area contributed by atoms with Crippen molar-refractivity contribution < 1.29 is 9.90 Å². The molecule has 0 aliphatic heterocycles. The van der Waals surface area contributed by atoms with Crippen LogP contribution >= 0.6 is 11.6 Å². The van der Waals surface area contributed by atoms with Crippen LogP contribution in [0.1, 0.15) is 16.1 Å². The third-order valence-corrected chi connectivity index (χ3v) is 3.58. The zero-order valence-corrected chi connectivity index (χ0v) is 13.1. The molecule has 6 heteroatoms. The van der Waals surface area contributed by atoms with Crippen molar-refractivity contribution in [2.45, 2.75) is 6.92 Å². The molecule has 5 nitrogen and oxygen atoms in total. The fourth-order valence-corrected chi connectivity index (χ4v) is 2.36. The Labute approximate surface area is 137 Å². The molecule has 3 aromatic rings. The highest BCUT2D eigenvalue weighted by molar-refractivity contribution is 6.30. The third kappa shape index (κ3) is 3.35. The number of benzene rings is 2. The largest absolute Gasteiger partial charge is 0.506 e. The smallest absolute Gasteiger partial charge is 0.273 e. The Hall–Kier alpha value is -2.79. The average Bonchev–Trinajstić information content (AvgIpc) is 3.01. The van der Waals surface area contributed by atoms with Gasteiger partial charge in [0.2, 0.25) is 0 Å². The number of amides is 1. The van der Waals surface area contributed by atoms with Crippen molar-refractivity contribution in [1.82, 2.24) is 10.2 Å². The summed E-state index contributed by atoms with van der Waals surface area (Å²) in [6, 6.07) is 13.8. The highest BCUT2D eigenvalue weighted by Gasteiger charge is 2.13. The van der Waals surface area contributed by atoms with Crippen LogP contribution in [0.4, 0.5) is 5.69 Å². The molecule has 23 heavy (non-hydrogen) atoms. The molecule has 0 bridgehead atoms. The maximum absolute atomic E-state index is 12.3. The SMILES string of the molecule is Cc1ccc(O)c(NC(=O)c2cc(-c3cccc(Cl)c3)n[nH]2)c1. The Kier molecular flexibility index (Phi) is 4.04. The molecule has 0 aliphatic rings. The summed E-state index contributed by atoms with van der Waals surface area (Å²) in [5.41, 5.74) is 3.01. The van der Waals surface area contributed by atoms with E-state index in [1.165, 1.54) is 6.07 Å². The minimum atomic E-state index is -0.383. The van der Waals surface area contributed by atoms with Crippen molar-refractivity contribution in [2.75, 3.05) is 5.32 Å². The van der Waals surface area contributed by atoms with Crippen LogP contribution in [0, 0.1) is 6.92 Å². The van der Waals surface area contributed by atoms with Gasteiger partial charge in [0.1, 0.15) is 11.4 Å². The summed E-state index contributed by atoms with van der Waals surface area (Å²) in [6.07, 6.45) is 0. The third-order valence-electron chi connectivity index (χ3n) is 3.34. The van der Waals surface area contributed by atoms with Crippen molar-refractivity contribution >= 4 is 23.2 Å². The number of hydrogen-bond acceptors (Lipinski definition) is 3. The van der Waals surface area contributed by atoms with E-state index < -0.39 is 0 Å². The number of aromatic hydroxyl groups is 1. The van der Waals surface area contributed by atoms with Gasteiger partial charge in [-0.15, -0.1) is 0 Å². The summed E-state index contributed by atoms with van der Waals surface area (Å²) in [6.45, 7) is 1.88. The molecule has 3 N–H and O–H groups in total. The molecule has 0 saturated carbocycles. The number of rotatable bonds is 3. The van der Waals surface area contributed by atoms with E-state index in [1.807, 2.05) is 19.1 Å². The second kappa shape index (κ2) is 6.14. The predicted octanol–water partition coefficient (Wildman–Crippen LogP) is 4.00. The minimum absolute atomic E-state index is 0.0125. The van der Waals surface area contributed by atoms with Gasteiger partial charge in [0.05, 0.1) is 11.4 Å². The number of phenolic OH excluding ortho intramolecular Hbond substituents is 1. The molecular formula is C17H14ClN3O2. The number of H-pyrrole nitrogens is 1. The molecule has 0 radical (unpaired) electrons. The standard InChI is InChI=1S/C17H14ClN3O2/c1-10-5-6-16(22)14(7-10)19-17(23)15-9-13(20-21-15)11-3-2-4-12(18)8-11/h2-9,22H,1H3,(H,19,23)(H,20,21). The fourth-order valence-electron chi connectivity index (χ4n) is 2.17. The highest BCUT2D eigenvalue weighted by atomic mass is 35.5. The summed E-state index contributed by atoms with van der Waals surface area (Å²) < 4.78 is 0. The quantitative estimate of drug-likeness (QED) is 0.636. The van der Waals surface area contributed by atoms with Gasteiger partial charge in [-0.25, -0.2) is 0 Å². The minimum Gasteiger partial charge on any atom is -0.506 e. The van der Waals surface area contributed by atoms with Crippen LogP contribution in [-0.4, -0.2) is 21.2 Å². The van der Waals surface area contributed by atoms with Crippen LogP contribution in [0.2, 0.25) is 5.02 Å². The summed E-state index contributed by atoms with van der Waals surface area (Å²) in [5.74, 6) is -0.370. The van der Waals surface area contributed by atoms with E-state index in [0.29, 0.717) is 22.1 Å². The molecule has 3 rings (SSSR count). The first-order valence-electron chi connectivity index (χ1n) is 6.95. The zero-order valence-electron chi connectivity index (χ0n) is 12.3. The summed E-state index contributed by atoms with van der Waals surface area (Å²) in [5, 5.41) is 19.9. The first kappa shape index (κ1) is 15.1. The second-order valence-corrected chi connectivity index (χ2v) is 5.59. The predicted molar refractivity (Wildman–Crippen MR) is 89.8 cm³/mol. The topological polar surface area (TPSA) is 78.0 Å². The number of nitrogens with one attached hydrogen (secondary N) is 2. The fraction of sp³-hybridized carbons (Fsp3) is 0.0588. The van der Waals surface area contributed by atoms with Gasteiger partial charge in [0, 0.05) is 10.6 Å². The average molecular weight is 328 g/mol. The van der Waals surface area contributed by atoms with Crippen LogP contribution in [0.5, 0.6) is 5.75 Å². The molecule has 0 saturated heterocycles. The van der Waals surface area contributed by atoms with Gasteiger partial charge in [0.15, 0.2) is 0 Å². The van der Waals surface area contributed by atoms with Crippen molar-refractivity contribution in [3.63, 3.8) is 0 Å². The van der Waals surface area contributed by atoms with E-state index in [0.717, 1.165) is 11.1 Å². The number of halogens is 1. The van der Waals surface area contributed by atoms with E-state index in [9.17, 15) is 9.90 Å². The Balaban J connectivity index is 1.82. The van der Waals surface area contributed by atoms with Gasteiger partial charge in [-0.2, -0.15) is 5.10 Å². The van der Waals surface area contributed by atoms with Crippen LogP contribution in [0.3, 0.4) is 0 Å². The normalized spacial score (nSPS) is 10.5. The highest BCUT2D eigenvalue weighted by Crippen LogP contribution is 2.25. The molecule has 116 valence electrons. The van der Waals surface area contributed by atoms with E-state index in [2.05, 4.69) is 15.5 Å². The maximum Gasteiger partial charge on any atom is 0.273 e. The number of aryl methyl sites for hydroxylation is 1. The van der Waals surface area contributed by atoms with Gasteiger partial charge >= 0.3 is 0 Å². The number of hydrogen-bond donors (Lipinski definition) is 3. The van der Waals surface area contributed by atoms with E-state index in [-0.39, 0.29) is 11.7 Å². The number of anilines is 1. The molecule has 0 atom stereocenters. The molecule has 1 amide bonds. The van der Waals surface area contributed by atoms with Crippen molar-refractivity contribution in [3.8, 4) is 17.0 Å². The second-order valence-electron chi connectivity index (χ2n) is 5.15. The molecule has 0 spiro atoms. The van der Waals surface area contributed by atoms with E-state index in [1.54, 1.807) is 30.3 Å². The molecule has 0 aliphatic carbocycles. The van der Waals surface area contributed by atoms with E-state index >= 15 is 0 Å². The number of aromatic nitrogens is 2. The molecule has 2 aromatic carbocycles. The Morgan fingerprint density at radius 1 is 1.22 bits per heavy atom. The van der Waals surface area contributed by atoms with Crippen molar-refractivity contribution in [2.24, 2.45) is 0 Å².